The molecular formula is C9H21NO3S. The van der Waals surface area contributed by atoms with E-state index < -0.39 is 9.84 Å². The molecule has 0 bridgehead atoms. The fraction of sp³-hybridized carbons (Fsp3) is 1.00. The number of sulfone groups is 1. The third-order valence-corrected chi connectivity index (χ3v) is 2.59. The van der Waals surface area contributed by atoms with E-state index in [1.54, 1.807) is 0 Å². The van der Waals surface area contributed by atoms with Gasteiger partial charge in [-0.1, -0.05) is 6.92 Å². The van der Waals surface area contributed by atoms with Gasteiger partial charge in [0.05, 0.1) is 5.75 Å². The van der Waals surface area contributed by atoms with E-state index in [4.69, 9.17) is 4.74 Å². The Morgan fingerprint density at radius 2 is 1.93 bits per heavy atom. The Labute approximate surface area is 86.9 Å². The summed E-state index contributed by atoms with van der Waals surface area (Å²) in [5.41, 5.74) is 0. The van der Waals surface area contributed by atoms with Crippen LogP contribution in [0.2, 0.25) is 0 Å². The molecule has 0 rings (SSSR count). The Bertz CT molecular complexity index is 214. The molecule has 0 saturated heterocycles. The maximum Gasteiger partial charge on any atom is 0.148 e. The molecule has 0 aliphatic rings. The lowest BCUT2D eigenvalue weighted by Gasteiger charge is -2.04. The van der Waals surface area contributed by atoms with E-state index in [1.807, 2.05) is 0 Å². The van der Waals surface area contributed by atoms with Gasteiger partial charge in [-0.05, 0) is 19.4 Å². The van der Waals surface area contributed by atoms with Gasteiger partial charge in [-0.15, -0.1) is 0 Å². The maximum absolute atomic E-state index is 10.7. The smallest absolute Gasteiger partial charge is 0.148 e. The maximum atomic E-state index is 10.7. The van der Waals surface area contributed by atoms with E-state index in [1.165, 1.54) is 6.26 Å². The predicted molar refractivity (Wildman–Crippen MR) is 58.3 cm³/mol. The lowest BCUT2D eigenvalue weighted by Crippen LogP contribution is -2.24. The van der Waals surface area contributed by atoms with Crippen molar-refractivity contribution in [1.29, 1.82) is 0 Å². The fourth-order valence-corrected chi connectivity index (χ4v) is 1.44. The number of hydrogen-bond acceptors (Lipinski definition) is 4. The molecule has 5 heteroatoms. The Morgan fingerprint density at radius 3 is 2.50 bits per heavy atom. The zero-order valence-electron chi connectivity index (χ0n) is 9.08. The molecule has 0 aromatic rings. The highest BCUT2D eigenvalue weighted by Gasteiger charge is 1.99. The fourth-order valence-electron chi connectivity index (χ4n) is 0.928. The number of hydrogen-bond donors (Lipinski definition) is 1. The first-order valence-corrected chi connectivity index (χ1v) is 7.08. The molecule has 86 valence electrons. The van der Waals surface area contributed by atoms with E-state index in [-0.39, 0.29) is 5.75 Å². The molecule has 0 fully saturated rings. The Balaban J connectivity index is 3.07. The van der Waals surface area contributed by atoms with Crippen LogP contribution in [0.15, 0.2) is 0 Å². The molecule has 1 N–H and O–H groups in total. The summed E-state index contributed by atoms with van der Waals surface area (Å²) in [6.45, 7) is 4.99. The largest absolute Gasteiger partial charge is 0.381 e. The number of ether oxygens (including phenoxy) is 1. The first kappa shape index (κ1) is 13.9. The molecule has 0 aromatic heterocycles. The third-order valence-electron chi connectivity index (χ3n) is 1.64. The summed E-state index contributed by atoms with van der Waals surface area (Å²) in [5.74, 6) is 0.211. The summed E-state index contributed by atoms with van der Waals surface area (Å²) in [6, 6.07) is 0. The topological polar surface area (TPSA) is 55.4 Å². The standard InChI is InChI=1S/C9H21NO3S/c1-3-7-13-8-4-5-10-6-9-14(2,11)12/h10H,3-9H2,1-2H3. The molecule has 0 aliphatic carbocycles. The van der Waals surface area contributed by atoms with Gasteiger partial charge in [-0.2, -0.15) is 0 Å². The molecule has 0 aromatic carbocycles. The van der Waals surface area contributed by atoms with Gasteiger partial charge in [-0.3, -0.25) is 0 Å². The molecular weight excluding hydrogens is 202 g/mol. The average molecular weight is 223 g/mol. The van der Waals surface area contributed by atoms with Crippen LogP contribution in [0.5, 0.6) is 0 Å². The molecule has 0 heterocycles. The van der Waals surface area contributed by atoms with Gasteiger partial charge < -0.3 is 10.1 Å². The zero-order valence-corrected chi connectivity index (χ0v) is 9.90. The van der Waals surface area contributed by atoms with Gasteiger partial charge in [-0.25, -0.2) is 8.42 Å². The molecule has 0 aliphatic heterocycles. The van der Waals surface area contributed by atoms with Crippen molar-refractivity contribution in [1.82, 2.24) is 5.32 Å². The van der Waals surface area contributed by atoms with Crippen molar-refractivity contribution in [2.75, 3.05) is 38.3 Å². The average Bonchev–Trinajstić information content (AvgIpc) is 2.08. The Kier molecular flexibility index (Phi) is 8.12. The number of rotatable bonds is 9. The molecule has 4 nitrogen and oxygen atoms in total. The summed E-state index contributed by atoms with van der Waals surface area (Å²) < 4.78 is 26.8. The van der Waals surface area contributed by atoms with Crippen LogP contribution in [-0.2, 0) is 14.6 Å². The van der Waals surface area contributed by atoms with Crippen LogP contribution in [0.25, 0.3) is 0 Å². The molecule has 0 atom stereocenters. The zero-order chi connectivity index (χ0) is 10.9. The van der Waals surface area contributed by atoms with Crippen LogP contribution in [0.1, 0.15) is 19.8 Å². The van der Waals surface area contributed by atoms with Crippen LogP contribution in [0, 0.1) is 0 Å². The van der Waals surface area contributed by atoms with E-state index >= 15 is 0 Å². The minimum atomic E-state index is -2.82. The second kappa shape index (κ2) is 8.20. The van der Waals surface area contributed by atoms with Crippen LogP contribution >= 0.6 is 0 Å². The molecule has 14 heavy (non-hydrogen) atoms. The summed E-state index contributed by atoms with van der Waals surface area (Å²) in [6.07, 6.45) is 3.23. The normalized spacial score (nSPS) is 11.9. The lowest BCUT2D eigenvalue weighted by molar-refractivity contribution is 0.132. The lowest BCUT2D eigenvalue weighted by atomic mass is 10.4. The van der Waals surface area contributed by atoms with Crippen molar-refractivity contribution in [3.8, 4) is 0 Å². The van der Waals surface area contributed by atoms with Crippen molar-refractivity contribution in [3.05, 3.63) is 0 Å². The molecule has 0 saturated carbocycles. The highest BCUT2D eigenvalue weighted by Crippen LogP contribution is 1.84. The Morgan fingerprint density at radius 1 is 1.21 bits per heavy atom. The minimum Gasteiger partial charge on any atom is -0.381 e. The highest BCUT2D eigenvalue weighted by atomic mass is 32.2. The van der Waals surface area contributed by atoms with Gasteiger partial charge in [0.2, 0.25) is 0 Å². The highest BCUT2D eigenvalue weighted by molar-refractivity contribution is 7.90. The van der Waals surface area contributed by atoms with Crippen molar-refractivity contribution < 1.29 is 13.2 Å². The first-order chi connectivity index (χ1) is 6.56. The molecule has 0 radical (unpaired) electrons. The third kappa shape index (κ3) is 11.9. The minimum absolute atomic E-state index is 0.211. The second-order valence-corrected chi connectivity index (χ2v) is 5.61. The van der Waals surface area contributed by atoms with E-state index in [0.717, 1.165) is 32.6 Å². The van der Waals surface area contributed by atoms with E-state index in [2.05, 4.69) is 12.2 Å². The summed E-state index contributed by atoms with van der Waals surface area (Å²) in [7, 11) is -2.82. The van der Waals surface area contributed by atoms with Crippen molar-refractivity contribution in [2.24, 2.45) is 0 Å². The first-order valence-electron chi connectivity index (χ1n) is 5.02. The van der Waals surface area contributed by atoms with E-state index in [9.17, 15) is 8.42 Å². The molecule has 0 unspecified atom stereocenters. The SMILES string of the molecule is CCCOCCCNCCS(C)(=O)=O. The van der Waals surface area contributed by atoms with Crippen molar-refractivity contribution in [3.63, 3.8) is 0 Å². The Hall–Kier alpha value is -0.130. The monoisotopic (exact) mass is 223 g/mol. The number of nitrogens with one attached hydrogen (secondary N) is 1. The van der Waals surface area contributed by atoms with Crippen molar-refractivity contribution >= 4 is 9.84 Å². The van der Waals surface area contributed by atoms with Crippen LogP contribution in [0.4, 0.5) is 0 Å². The van der Waals surface area contributed by atoms with Gasteiger partial charge in [0.1, 0.15) is 9.84 Å². The van der Waals surface area contributed by atoms with Crippen LogP contribution < -0.4 is 5.32 Å². The summed E-state index contributed by atoms with van der Waals surface area (Å²) in [4.78, 5) is 0. The quantitative estimate of drug-likeness (QED) is 0.576. The summed E-state index contributed by atoms with van der Waals surface area (Å²) in [5, 5.41) is 3.06. The van der Waals surface area contributed by atoms with Gasteiger partial charge >= 0.3 is 0 Å². The van der Waals surface area contributed by atoms with Crippen LogP contribution in [0.3, 0.4) is 0 Å². The van der Waals surface area contributed by atoms with Gasteiger partial charge in [0, 0.05) is 26.0 Å². The van der Waals surface area contributed by atoms with E-state index in [0.29, 0.717) is 6.54 Å². The van der Waals surface area contributed by atoms with Crippen molar-refractivity contribution in [2.45, 2.75) is 19.8 Å². The van der Waals surface area contributed by atoms with Gasteiger partial charge in [0.25, 0.3) is 0 Å². The predicted octanol–water partition coefficient (Wildman–Crippen LogP) is 0.437. The van der Waals surface area contributed by atoms with Gasteiger partial charge in [0.15, 0.2) is 0 Å². The molecule has 0 amide bonds. The molecule has 0 spiro atoms. The second-order valence-electron chi connectivity index (χ2n) is 3.35. The van der Waals surface area contributed by atoms with Crippen LogP contribution in [-0.4, -0.2) is 46.7 Å². The summed E-state index contributed by atoms with van der Waals surface area (Å²) >= 11 is 0.